The summed E-state index contributed by atoms with van der Waals surface area (Å²) in [5, 5.41) is 0. The fraction of sp³-hybridized carbons (Fsp3) is 0.750. The first-order valence-corrected chi connectivity index (χ1v) is 11.2. The van der Waals surface area contributed by atoms with E-state index >= 15 is 0 Å². The molecule has 2 amide bonds. The number of methoxy groups -OCH3 is 2. The molecule has 2 aliphatic heterocycles. The van der Waals surface area contributed by atoms with E-state index in [1.807, 2.05) is 27.7 Å². The minimum absolute atomic E-state index is 0.170. The number of rotatable bonds is 6. The fourth-order valence-electron chi connectivity index (χ4n) is 4.72. The van der Waals surface area contributed by atoms with Gasteiger partial charge in [0.25, 0.3) is 0 Å². The summed E-state index contributed by atoms with van der Waals surface area (Å²) < 4.78 is 9.78. The van der Waals surface area contributed by atoms with Crippen molar-refractivity contribution in [1.82, 2.24) is 9.80 Å². The number of hydrogen-bond donors (Lipinski definition) is 0. The van der Waals surface area contributed by atoms with Gasteiger partial charge in [-0.3, -0.25) is 9.59 Å². The zero-order valence-corrected chi connectivity index (χ0v) is 20.6. The summed E-state index contributed by atoms with van der Waals surface area (Å²) in [6, 6.07) is -1.19. The van der Waals surface area contributed by atoms with Gasteiger partial charge in [0.05, 0.1) is 26.1 Å². The Kier molecular flexibility index (Phi) is 7.79. The molecule has 2 saturated heterocycles. The van der Waals surface area contributed by atoms with Gasteiger partial charge in [0.15, 0.2) is 0 Å². The summed E-state index contributed by atoms with van der Waals surface area (Å²) in [6.45, 7) is 12.5. The highest BCUT2D eigenvalue weighted by Gasteiger charge is 2.46. The molecule has 32 heavy (non-hydrogen) atoms. The molecule has 0 spiro atoms. The lowest BCUT2D eigenvalue weighted by Gasteiger charge is -2.26. The van der Waals surface area contributed by atoms with Gasteiger partial charge in [-0.1, -0.05) is 53.7 Å². The third-order valence-corrected chi connectivity index (χ3v) is 6.42. The Labute approximate surface area is 191 Å². The second-order valence-corrected chi connectivity index (χ2v) is 10.7. The summed E-state index contributed by atoms with van der Waals surface area (Å²) in [7, 11) is 2.66. The molecule has 2 heterocycles. The highest BCUT2D eigenvalue weighted by atomic mass is 16.5. The lowest BCUT2D eigenvalue weighted by Crippen LogP contribution is -2.44. The number of nitrogens with zero attached hydrogens (tertiary/aromatic N) is 2. The van der Waals surface area contributed by atoms with Crippen LogP contribution < -0.4 is 0 Å². The van der Waals surface area contributed by atoms with Gasteiger partial charge < -0.3 is 19.3 Å². The Morgan fingerprint density at radius 2 is 1.06 bits per heavy atom. The molecule has 4 unspecified atom stereocenters. The molecule has 0 radical (unpaired) electrons. The van der Waals surface area contributed by atoms with Gasteiger partial charge in [0.2, 0.25) is 11.8 Å². The molecule has 4 atom stereocenters. The molecule has 8 nitrogen and oxygen atoms in total. The van der Waals surface area contributed by atoms with Crippen molar-refractivity contribution in [1.29, 1.82) is 0 Å². The number of carbonyl (C=O) groups excluding carboxylic acids is 4. The van der Waals surface area contributed by atoms with Gasteiger partial charge >= 0.3 is 11.9 Å². The van der Waals surface area contributed by atoms with Crippen LogP contribution in [0.2, 0.25) is 0 Å². The SMILES string of the molecule is COC(=O)C1CC(C)(C)CN1C(=O)C(C)/C=C/C(C)C(=O)N1CC(C)(C)CC1C(=O)OC. The van der Waals surface area contributed by atoms with Gasteiger partial charge in [0.1, 0.15) is 12.1 Å². The van der Waals surface area contributed by atoms with Gasteiger partial charge in [-0.25, -0.2) is 9.59 Å². The van der Waals surface area contributed by atoms with E-state index in [9.17, 15) is 19.2 Å². The Hall–Kier alpha value is -2.38. The van der Waals surface area contributed by atoms with Gasteiger partial charge in [-0.2, -0.15) is 0 Å². The summed E-state index contributed by atoms with van der Waals surface area (Å²) >= 11 is 0. The van der Waals surface area contributed by atoms with Crippen molar-refractivity contribution >= 4 is 23.8 Å². The third kappa shape index (κ3) is 5.70. The highest BCUT2D eigenvalue weighted by molar-refractivity contribution is 5.89. The molecule has 2 rings (SSSR count). The van der Waals surface area contributed by atoms with Crippen LogP contribution in [0.4, 0.5) is 0 Å². The van der Waals surface area contributed by atoms with E-state index in [4.69, 9.17) is 9.47 Å². The van der Waals surface area contributed by atoms with E-state index in [-0.39, 0.29) is 22.6 Å². The molecule has 0 saturated carbocycles. The van der Waals surface area contributed by atoms with Gasteiger partial charge in [0, 0.05) is 13.1 Å². The normalized spacial score (nSPS) is 26.1. The molecule has 0 aromatic carbocycles. The maximum absolute atomic E-state index is 13.1. The second-order valence-electron chi connectivity index (χ2n) is 10.7. The topological polar surface area (TPSA) is 93.2 Å². The molecule has 0 aromatic heterocycles. The lowest BCUT2D eigenvalue weighted by atomic mass is 9.91. The fourth-order valence-corrected chi connectivity index (χ4v) is 4.72. The smallest absolute Gasteiger partial charge is 0.328 e. The van der Waals surface area contributed by atoms with Crippen molar-refractivity contribution in [3.8, 4) is 0 Å². The number of hydrogen-bond acceptors (Lipinski definition) is 6. The van der Waals surface area contributed by atoms with E-state index in [1.165, 1.54) is 14.2 Å². The molecule has 2 fully saturated rings. The van der Waals surface area contributed by atoms with Crippen molar-refractivity contribution in [3.05, 3.63) is 12.2 Å². The van der Waals surface area contributed by atoms with Crippen molar-refractivity contribution in [2.24, 2.45) is 22.7 Å². The Bertz CT molecular complexity index is 723. The lowest BCUT2D eigenvalue weighted by molar-refractivity contribution is -0.151. The maximum atomic E-state index is 13.1. The minimum Gasteiger partial charge on any atom is -0.467 e. The minimum atomic E-state index is -0.593. The highest BCUT2D eigenvalue weighted by Crippen LogP contribution is 2.36. The summed E-state index contributed by atoms with van der Waals surface area (Å²) in [5.41, 5.74) is -0.348. The van der Waals surface area contributed by atoms with Crippen LogP contribution in [0.5, 0.6) is 0 Å². The maximum Gasteiger partial charge on any atom is 0.328 e. The summed E-state index contributed by atoms with van der Waals surface area (Å²) in [4.78, 5) is 53.7. The molecule has 8 heteroatoms. The zero-order valence-electron chi connectivity index (χ0n) is 20.6. The molecule has 180 valence electrons. The van der Waals surface area contributed by atoms with Crippen LogP contribution in [0.15, 0.2) is 12.2 Å². The molecular weight excluding hydrogens is 412 g/mol. The van der Waals surface area contributed by atoms with E-state index < -0.39 is 35.9 Å². The van der Waals surface area contributed by atoms with Crippen LogP contribution >= 0.6 is 0 Å². The van der Waals surface area contributed by atoms with Crippen LogP contribution in [0.3, 0.4) is 0 Å². The Morgan fingerprint density at radius 1 is 0.750 bits per heavy atom. The van der Waals surface area contributed by atoms with Crippen molar-refractivity contribution < 1.29 is 28.7 Å². The number of amides is 2. The van der Waals surface area contributed by atoms with E-state index in [2.05, 4.69) is 0 Å². The second kappa shape index (κ2) is 9.63. The summed E-state index contributed by atoms with van der Waals surface area (Å²) in [6.07, 6.45) is 4.52. The average Bonchev–Trinajstić information content (AvgIpc) is 3.24. The first-order chi connectivity index (χ1) is 14.7. The number of esters is 2. The predicted molar refractivity (Wildman–Crippen MR) is 119 cm³/mol. The molecule has 0 bridgehead atoms. The van der Waals surface area contributed by atoms with Crippen molar-refractivity contribution in [2.45, 2.75) is 66.5 Å². The largest absolute Gasteiger partial charge is 0.467 e. The van der Waals surface area contributed by atoms with E-state index in [0.717, 1.165) is 0 Å². The third-order valence-electron chi connectivity index (χ3n) is 6.42. The molecule has 0 aromatic rings. The van der Waals surface area contributed by atoms with Crippen LogP contribution in [-0.4, -0.2) is 72.9 Å². The first-order valence-electron chi connectivity index (χ1n) is 11.2. The number of carbonyl (C=O) groups is 4. The van der Waals surface area contributed by atoms with E-state index in [1.54, 1.807) is 35.8 Å². The van der Waals surface area contributed by atoms with Crippen molar-refractivity contribution in [2.75, 3.05) is 27.3 Å². The molecule has 2 aliphatic rings. The Balaban J connectivity index is 2.09. The zero-order chi connectivity index (χ0) is 24.4. The van der Waals surface area contributed by atoms with Crippen LogP contribution in [0, 0.1) is 22.7 Å². The quantitative estimate of drug-likeness (QED) is 0.456. The standard InChI is InChI=1S/C24H38N2O6/c1-15(19(27)25-13-23(3,4)11-17(25)21(29)31-7)9-10-16(2)20(28)26-14-24(5,6)12-18(26)22(30)32-8/h9-10,15-18H,11-14H2,1-8H3/b10-9+. The monoisotopic (exact) mass is 450 g/mol. The van der Waals surface area contributed by atoms with Crippen LogP contribution in [-0.2, 0) is 28.7 Å². The molecule has 0 aliphatic carbocycles. The number of likely N-dealkylation sites (tertiary alicyclic amines) is 2. The Morgan fingerprint density at radius 3 is 1.34 bits per heavy atom. The average molecular weight is 451 g/mol. The van der Waals surface area contributed by atoms with Crippen LogP contribution in [0.25, 0.3) is 0 Å². The van der Waals surface area contributed by atoms with E-state index in [0.29, 0.717) is 25.9 Å². The molecular formula is C24H38N2O6. The number of ether oxygens (including phenoxy) is 2. The predicted octanol–water partition coefficient (Wildman–Crippen LogP) is 2.42. The van der Waals surface area contributed by atoms with Gasteiger partial charge in [-0.15, -0.1) is 0 Å². The molecule has 0 N–H and O–H groups in total. The van der Waals surface area contributed by atoms with Crippen LogP contribution in [0.1, 0.15) is 54.4 Å². The van der Waals surface area contributed by atoms with Gasteiger partial charge in [-0.05, 0) is 23.7 Å². The van der Waals surface area contributed by atoms with Crippen molar-refractivity contribution in [3.63, 3.8) is 0 Å². The summed E-state index contributed by atoms with van der Waals surface area (Å²) in [5.74, 6) is -2.16. The first kappa shape index (κ1) is 25.9.